The number of rotatable bonds is 11. The van der Waals surface area contributed by atoms with Gasteiger partial charge in [-0.3, -0.25) is 14.4 Å². The summed E-state index contributed by atoms with van der Waals surface area (Å²) in [5.41, 5.74) is 2.40. The largest absolute Gasteiger partial charge is 0.462 e. The van der Waals surface area contributed by atoms with Crippen molar-refractivity contribution in [2.45, 2.75) is 51.2 Å². The summed E-state index contributed by atoms with van der Waals surface area (Å²) in [4.78, 5) is 53.9. The van der Waals surface area contributed by atoms with Crippen LogP contribution in [0.25, 0.3) is 0 Å². The summed E-state index contributed by atoms with van der Waals surface area (Å²) in [6, 6.07) is 25.6. The molecule has 0 fully saturated rings. The summed E-state index contributed by atoms with van der Waals surface area (Å²) in [5.74, 6) is -1.49. The molecule has 1 heterocycles. The second-order valence-electron chi connectivity index (χ2n) is 11.5. The molecule has 10 heteroatoms. The van der Waals surface area contributed by atoms with Crippen molar-refractivity contribution in [2.24, 2.45) is 5.41 Å². The number of amides is 3. The third-order valence-electron chi connectivity index (χ3n) is 6.50. The molecule has 4 rings (SSSR count). The van der Waals surface area contributed by atoms with Crippen molar-refractivity contribution in [3.05, 3.63) is 106 Å². The third kappa shape index (κ3) is 9.29. The molecule has 1 aromatic heterocycles. The molecule has 0 spiro atoms. The highest BCUT2D eigenvalue weighted by Crippen LogP contribution is 2.40. The van der Waals surface area contributed by atoms with Crippen LogP contribution in [0.2, 0.25) is 0 Å². The molecule has 0 aliphatic rings. The van der Waals surface area contributed by atoms with E-state index in [4.69, 9.17) is 4.74 Å². The lowest BCUT2D eigenvalue weighted by Gasteiger charge is -2.19. The van der Waals surface area contributed by atoms with Crippen molar-refractivity contribution < 1.29 is 23.9 Å². The maximum atomic E-state index is 14.0. The van der Waals surface area contributed by atoms with Crippen molar-refractivity contribution >= 4 is 63.2 Å². The average Bonchev–Trinajstić information content (AvgIpc) is 3.31. The molecule has 3 N–H and O–H groups in total. The van der Waals surface area contributed by atoms with Crippen LogP contribution < -0.4 is 16.0 Å². The van der Waals surface area contributed by atoms with Crippen LogP contribution in [-0.2, 0) is 14.3 Å². The minimum atomic E-state index is -0.717. The van der Waals surface area contributed by atoms with E-state index in [2.05, 4.69) is 16.0 Å². The van der Waals surface area contributed by atoms with E-state index in [0.717, 1.165) is 21.8 Å². The zero-order valence-corrected chi connectivity index (χ0v) is 27.6. The fraction of sp³-hybridized carbons (Fsp3) is 0.257. The van der Waals surface area contributed by atoms with E-state index in [1.54, 1.807) is 26.0 Å². The Morgan fingerprint density at radius 1 is 0.844 bits per heavy atom. The number of esters is 1. The molecule has 0 saturated carbocycles. The van der Waals surface area contributed by atoms with E-state index in [1.807, 2.05) is 93.6 Å². The fourth-order valence-corrected chi connectivity index (χ4v) is 6.70. The van der Waals surface area contributed by atoms with Gasteiger partial charge in [-0.2, -0.15) is 0 Å². The van der Waals surface area contributed by atoms with E-state index in [-0.39, 0.29) is 34.4 Å². The van der Waals surface area contributed by atoms with Crippen LogP contribution in [0.15, 0.2) is 89.8 Å². The molecule has 0 bridgehead atoms. The first kappa shape index (κ1) is 33.5. The van der Waals surface area contributed by atoms with E-state index < -0.39 is 17.1 Å². The number of para-hydroxylation sites is 1. The molecule has 234 valence electrons. The zero-order chi connectivity index (χ0) is 32.6. The van der Waals surface area contributed by atoms with Crippen LogP contribution >= 0.6 is 23.1 Å². The number of carbonyl (C=O) groups excluding carboxylic acids is 4. The van der Waals surface area contributed by atoms with Gasteiger partial charge in [0.05, 0.1) is 17.0 Å². The van der Waals surface area contributed by atoms with Crippen molar-refractivity contribution in [1.29, 1.82) is 0 Å². The molecule has 0 aliphatic heterocycles. The lowest BCUT2D eigenvalue weighted by atomic mass is 9.92. The monoisotopic (exact) mass is 643 g/mol. The maximum Gasteiger partial charge on any atom is 0.341 e. The highest BCUT2D eigenvalue weighted by Gasteiger charge is 2.30. The van der Waals surface area contributed by atoms with Crippen LogP contribution in [0.1, 0.15) is 70.5 Å². The number of anilines is 3. The third-order valence-corrected chi connectivity index (χ3v) is 8.96. The Morgan fingerprint density at radius 2 is 1.49 bits per heavy atom. The Balaban J connectivity index is 1.63. The Hall–Kier alpha value is -4.41. The van der Waals surface area contributed by atoms with Crippen molar-refractivity contribution in [1.82, 2.24) is 0 Å². The lowest BCUT2D eigenvalue weighted by molar-refractivity contribution is -0.118. The SMILES string of the molecule is CCOC(=O)c1c(NC(=O)C(Sc2cccc(NC(=O)CC(C)(C)C)c2)c2ccccc2)sc(C(=O)Nc2ccccc2)c1C. The Kier molecular flexibility index (Phi) is 11.2. The normalized spacial score (nSPS) is 11.8. The summed E-state index contributed by atoms with van der Waals surface area (Å²) >= 11 is 2.34. The predicted molar refractivity (Wildman–Crippen MR) is 182 cm³/mol. The molecule has 45 heavy (non-hydrogen) atoms. The summed E-state index contributed by atoms with van der Waals surface area (Å²) in [6.45, 7) is 9.51. The molecule has 4 aromatic rings. The highest BCUT2D eigenvalue weighted by atomic mass is 32.2. The molecule has 1 unspecified atom stereocenters. The maximum absolute atomic E-state index is 14.0. The molecule has 0 saturated heterocycles. The van der Waals surface area contributed by atoms with Crippen LogP contribution in [0, 0.1) is 12.3 Å². The Morgan fingerprint density at radius 3 is 2.13 bits per heavy atom. The molecule has 0 aliphatic carbocycles. The van der Waals surface area contributed by atoms with E-state index in [9.17, 15) is 19.2 Å². The van der Waals surface area contributed by atoms with Crippen LogP contribution in [-0.4, -0.2) is 30.3 Å². The topological polar surface area (TPSA) is 114 Å². The molecular weight excluding hydrogens is 607 g/mol. The van der Waals surface area contributed by atoms with Gasteiger partial charge in [0.1, 0.15) is 10.3 Å². The number of carbonyl (C=O) groups is 4. The number of hydrogen-bond acceptors (Lipinski definition) is 7. The van der Waals surface area contributed by atoms with Gasteiger partial charge in [-0.15, -0.1) is 23.1 Å². The molecule has 0 radical (unpaired) electrons. The first-order chi connectivity index (χ1) is 21.4. The van der Waals surface area contributed by atoms with E-state index >= 15 is 0 Å². The smallest absolute Gasteiger partial charge is 0.341 e. The van der Waals surface area contributed by atoms with Crippen molar-refractivity contribution in [3.8, 4) is 0 Å². The second kappa shape index (κ2) is 15.0. The fourth-order valence-electron chi connectivity index (χ4n) is 4.52. The van der Waals surface area contributed by atoms with Gasteiger partial charge in [-0.05, 0) is 60.7 Å². The predicted octanol–water partition coefficient (Wildman–Crippen LogP) is 8.33. The number of nitrogens with one attached hydrogen (secondary N) is 3. The summed E-state index contributed by atoms with van der Waals surface area (Å²) in [7, 11) is 0. The van der Waals surface area contributed by atoms with Crippen molar-refractivity contribution in [2.75, 3.05) is 22.6 Å². The number of thioether (sulfide) groups is 1. The standard InChI is InChI=1S/C35H37N3O5S2/c1-6-43-34(42)28-22(2)29(31(40)37-24-16-11-8-12-17-24)45-33(28)38-32(41)30(23-14-9-7-10-15-23)44-26-19-13-18-25(20-26)36-27(39)21-35(3,4)5/h7-20,30H,6,21H2,1-5H3,(H,36,39)(H,37,40)(H,38,41). The quantitative estimate of drug-likeness (QED) is 0.112. The molecule has 3 aromatic carbocycles. The van der Waals surface area contributed by atoms with Gasteiger partial charge in [0.15, 0.2) is 0 Å². The Labute approximate surface area is 272 Å². The molecule has 8 nitrogen and oxygen atoms in total. The lowest BCUT2D eigenvalue weighted by Crippen LogP contribution is -2.20. The van der Waals surface area contributed by atoms with Gasteiger partial charge < -0.3 is 20.7 Å². The average molecular weight is 644 g/mol. The minimum Gasteiger partial charge on any atom is -0.462 e. The Bertz CT molecular complexity index is 1660. The highest BCUT2D eigenvalue weighted by molar-refractivity contribution is 8.00. The van der Waals surface area contributed by atoms with Crippen LogP contribution in [0.5, 0.6) is 0 Å². The molecule has 3 amide bonds. The number of benzene rings is 3. The number of hydrogen-bond donors (Lipinski definition) is 3. The van der Waals surface area contributed by atoms with Gasteiger partial charge in [0.2, 0.25) is 11.8 Å². The summed E-state index contributed by atoms with van der Waals surface area (Å²) in [5, 5.41) is 8.25. The van der Waals surface area contributed by atoms with Gasteiger partial charge in [-0.1, -0.05) is 75.4 Å². The first-order valence-electron chi connectivity index (χ1n) is 14.5. The molecular formula is C35H37N3O5S2. The van der Waals surface area contributed by atoms with Gasteiger partial charge in [-0.25, -0.2) is 4.79 Å². The number of thiophene rings is 1. The van der Waals surface area contributed by atoms with Gasteiger partial charge in [0.25, 0.3) is 5.91 Å². The first-order valence-corrected chi connectivity index (χ1v) is 16.2. The number of ether oxygens (including phenoxy) is 1. The summed E-state index contributed by atoms with van der Waals surface area (Å²) in [6.07, 6.45) is 0.369. The minimum absolute atomic E-state index is 0.0892. The van der Waals surface area contributed by atoms with Crippen molar-refractivity contribution in [3.63, 3.8) is 0 Å². The zero-order valence-electron chi connectivity index (χ0n) is 25.9. The van der Waals surface area contributed by atoms with E-state index in [0.29, 0.717) is 28.2 Å². The van der Waals surface area contributed by atoms with Gasteiger partial charge >= 0.3 is 5.97 Å². The summed E-state index contributed by atoms with van der Waals surface area (Å²) < 4.78 is 5.30. The van der Waals surface area contributed by atoms with Crippen LogP contribution in [0.3, 0.4) is 0 Å². The van der Waals surface area contributed by atoms with E-state index in [1.165, 1.54) is 11.8 Å². The van der Waals surface area contributed by atoms with Crippen LogP contribution in [0.4, 0.5) is 16.4 Å². The van der Waals surface area contributed by atoms with Gasteiger partial charge in [0, 0.05) is 22.7 Å². The molecule has 1 atom stereocenters. The second-order valence-corrected chi connectivity index (χ2v) is 13.7.